The van der Waals surface area contributed by atoms with Crippen LogP contribution in [0.25, 0.3) is 0 Å². The molecule has 0 aromatic rings. The third kappa shape index (κ3) is 1.94. The van der Waals surface area contributed by atoms with E-state index >= 15 is 0 Å². The lowest BCUT2D eigenvalue weighted by molar-refractivity contribution is -0.0366. The Hall–Kier alpha value is -0.0800. The van der Waals surface area contributed by atoms with Crippen molar-refractivity contribution in [1.82, 2.24) is 9.80 Å². The zero-order valence-electron chi connectivity index (χ0n) is 12.6. The summed E-state index contributed by atoms with van der Waals surface area (Å²) in [5.74, 6) is 0. The highest BCUT2D eigenvalue weighted by Crippen LogP contribution is 2.50. The Morgan fingerprint density at radius 2 is 1.59 bits per heavy atom. The van der Waals surface area contributed by atoms with Crippen LogP contribution in [0.1, 0.15) is 54.4 Å². The van der Waals surface area contributed by atoms with Gasteiger partial charge in [-0.05, 0) is 59.4 Å². The molecule has 0 spiro atoms. The van der Waals surface area contributed by atoms with Gasteiger partial charge in [0.2, 0.25) is 0 Å². The molecule has 17 heavy (non-hydrogen) atoms. The van der Waals surface area contributed by atoms with E-state index in [4.69, 9.17) is 0 Å². The van der Waals surface area contributed by atoms with Gasteiger partial charge in [0.1, 0.15) is 0 Å². The van der Waals surface area contributed by atoms with Crippen molar-refractivity contribution in [3.8, 4) is 0 Å². The maximum Gasteiger partial charge on any atom is 0.0376 e. The van der Waals surface area contributed by atoms with Crippen LogP contribution in [0.3, 0.4) is 0 Å². The number of fused-ring (bicyclic) bond motifs is 1. The monoisotopic (exact) mass is 238 g/mol. The van der Waals surface area contributed by atoms with Gasteiger partial charge < -0.3 is 0 Å². The molecule has 0 aromatic heterocycles. The number of likely N-dealkylation sites (tertiary alicyclic amines) is 2. The lowest BCUT2D eigenvalue weighted by Gasteiger charge is -2.54. The molecule has 0 unspecified atom stereocenters. The fourth-order valence-electron chi connectivity index (χ4n) is 4.13. The summed E-state index contributed by atoms with van der Waals surface area (Å²) < 4.78 is 0. The maximum absolute atomic E-state index is 2.76. The maximum atomic E-state index is 2.76. The highest BCUT2D eigenvalue weighted by atomic mass is 15.3. The Morgan fingerprint density at radius 3 is 2.12 bits per heavy atom. The predicted octanol–water partition coefficient (Wildman–Crippen LogP) is 2.98. The average Bonchev–Trinajstić information content (AvgIpc) is 2.49. The van der Waals surface area contributed by atoms with Crippen molar-refractivity contribution in [3.05, 3.63) is 0 Å². The second-order valence-electron chi connectivity index (χ2n) is 7.22. The highest BCUT2D eigenvalue weighted by Gasteiger charge is 2.57. The molecule has 2 atom stereocenters. The van der Waals surface area contributed by atoms with Crippen LogP contribution < -0.4 is 0 Å². The van der Waals surface area contributed by atoms with Crippen LogP contribution in [-0.2, 0) is 0 Å². The summed E-state index contributed by atoms with van der Waals surface area (Å²) in [6.45, 7) is 18.2. The molecule has 2 rings (SSSR count). The molecule has 2 heteroatoms. The van der Waals surface area contributed by atoms with Gasteiger partial charge in [-0.15, -0.1) is 0 Å². The molecule has 2 nitrogen and oxygen atoms in total. The largest absolute Gasteiger partial charge is 0.298 e. The van der Waals surface area contributed by atoms with E-state index in [0.29, 0.717) is 23.0 Å². The van der Waals surface area contributed by atoms with Crippen molar-refractivity contribution in [3.63, 3.8) is 0 Å². The lowest BCUT2D eigenvalue weighted by atomic mass is 9.67. The summed E-state index contributed by atoms with van der Waals surface area (Å²) >= 11 is 0. The van der Waals surface area contributed by atoms with E-state index in [0.717, 1.165) is 0 Å². The standard InChI is InChI=1S/C15H30N2/c1-12(2)16-10-14(5)8-7-9-17(13(3)4)15(14,6)11-16/h12-13H,7-11H2,1-6H3/t14-,15+/m1/s1. The van der Waals surface area contributed by atoms with Crippen LogP contribution in [0.4, 0.5) is 0 Å². The second kappa shape index (κ2) is 4.24. The molecular weight excluding hydrogens is 208 g/mol. The Kier molecular flexibility index (Phi) is 3.33. The molecular formula is C15H30N2. The van der Waals surface area contributed by atoms with Gasteiger partial charge >= 0.3 is 0 Å². The Bertz CT molecular complexity index is 287. The average molecular weight is 238 g/mol. The fraction of sp³-hybridized carbons (Fsp3) is 1.00. The van der Waals surface area contributed by atoms with Gasteiger partial charge in [0.05, 0.1) is 0 Å². The van der Waals surface area contributed by atoms with Crippen molar-refractivity contribution in [2.24, 2.45) is 5.41 Å². The minimum absolute atomic E-state index is 0.379. The molecule has 2 aliphatic rings. The SMILES string of the molecule is CC(C)N1C[C@@]2(C)CCCN(C(C)C)[C@@]2(C)C1. The Labute approximate surface area is 107 Å². The lowest BCUT2D eigenvalue weighted by Crippen LogP contribution is -2.62. The third-order valence-corrected chi connectivity index (χ3v) is 5.48. The van der Waals surface area contributed by atoms with Gasteiger partial charge in [0.25, 0.3) is 0 Å². The van der Waals surface area contributed by atoms with Gasteiger partial charge in [-0.2, -0.15) is 0 Å². The van der Waals surface area contributed by atoms with Gasteiger partial charge in [-0.25, -0.2) is 0 Å². The minimum Gasteiger partial charge on any atom is -0.298 e. The molecule has 0 N–H and O–H groups in total. The zero-order valence-corrected chi connectivity index (χ0v) is 12.6. The van der Waals surface area contributed by atoms with Crippen LogP contribution in [-0.4, -0.2) is 47.1 Å². The summed E-state index contributed by atoms with van der Waals surface area (Å²) in [5.41, 5.74) is 0.865. The summed E-state index contributed by atoms with van der Waals surface area (Å²) in [6, 6.07) is 1.36. The van der Waals surface area contributed by atoms with E-state index in [9.17, 15) is 0 Å². The van der Waals surface area contributed by atoms with Crippen LogP contribution in [0.2, 0.25) is 0 Å². The number of rotatable bonds is 2. The van der Waals surface area contributed by atoms with Gasteiger partial charge in [-0.1, -0.05) is 6.92 Å². The number of hydrogen-bond acceptors (Lipinski definition) is 2. The van der Waals surface area contributed by atoms with Crippen molar-refractivity contribution in [2.75, 3.05) is 19.6 Å². The number of nitrogens with zero attached hydrogens (tertiary/aromatic N) is 2. The molecule has 0 aromatic carbocycles. The molecule has 0 aliphatic carbocycles. The molecule has 0 saturated carbocycles. The summed E-state index contributed by atoms with van der Waals surface area (Å²) in [6.07, 6.45) is 2.77. The van der Waals surface area contributed by atoms with Crippen molar-refractivity contribution < 1.29 is 0 Å². The van der Waals surface area contributed by atoms with Crippen molar-refractivity contribution >= 4 is 0 Å². The molecule has 2 heterocycles. The second-order valence-corrected chi connectivity index (χ2v) is 7.22. The first-order chi connectivity index (χ1) is 7.80. The van der Waals surface area contributed by atoms with E-state index in [1.54, 1.807) is 0 Å². The topological polar surface area (TPSA) is 6.48 Å². The van der Waals surface area contributed by atoms with Gasteiger partial charge in [0, 0.05) is 30.7 Å². The first-order valence-corrected chi connectivity index (χ1v) is 7.31. The quantitative estimate of drug-likeness (QED) is 0.730. The minimum atomic E-state index is 0.379. The number of piperidine rings is 1. The molecule has 100 valence electrons. The van der Waals surface area contributed by atoms with Gasteiger partial charge in [0.15, 0.2) is 0 Å². The Morgan fingerprint density at radius 1 is 0.941 bits per heavy atom. The van der Waals surface area contributed by atoms with E-state index in [1.165, 1.54) is 32.5 Å². The van der Waals surface area contributed by atoms with E-state index < -0.39 is 0 Å². The Balaban J connectivity index is 2.29. The fourth-order valence-corrected chi connectivity index (χ4v) is 4.13. The highest BCUT2D eigenvalue weighted by molar-refractivity contribution is 5.12. The van der Waals surface area contributed by atoms with Crippen LogP contribution in [0, 0.1) is 5.41 Å². The zero-order chi connectivity index (χ0) is 12.8. The normalized spacial score (nSPS) is 40.2. The van der Waals surface area contributed by atoms with Crippen LogP contribution in [0.5, 0.6) is 0 Å². The van der Waals surface area contributed by atoms with Crippen LogP contribution in [0.15, 0.2) is 0 Å². The van der Waals surface area contributed by atoms with E-state index in [2.05, 4.69) is 51.3 Å². The first-order valence-electron chi connectivity index (χ1n) is 7.31. The predicted molar refractivity (Wildman–Crippen MR) is 74.3 cm³/mol. The van der Waals surface area contributed by atoms with E-state index in [1.807, 2.05) is 0 Å². The van der Waals surface area contributed by atoms with Crippen LogP contribution >= 0.6 is 0 Å². The summed E-state index contributed by atoms with van der Waals surface area (Å²) in [7, 11) is 0. The molecule has 0 bridgehead atoms. The van der Waals surface area contributed by atoms with E-state index in [-0.39, 0.29) is 0 Å². The summed E-state index contributed by atoms with van der Waals surface area (Å²) in [4.78, 5) is 5.44. The molecule has 2 fully saturated rings. The van der Waals surface area contributed by atoms with Crippen molar-refractivity contribution in [1.29, 1.82) is 0 Å². The first kappa shape index (κ1) is 13.4. The third-order valence-electron chi connectivity index (χ3n) is 5.48. The number of hydrogen-bond donors (Lipinski definition) is 0. The summed E-state index contributed by atoms with van der Waals surface area (Å²) in [5, 5.41) is 0. The molecule has 2 saturated heterocycles. The molecule has 2 aliphatic heterocycles. The molecule has 0 amide bonds. The van der Waals surface area contributed by atoms with Crippen molar-refractivity contribution in [2.45, 2.75) is 72.0 Å². The smallest absolute Gasteiger partial charge is 0.0376 e. The molecule has 0 radical (unpaired) electrons. The van der Waals surface area contributed by atoms with Gasteiger partial charge in [-0.3, -0.25) is 9.80 Å².